The first-order chi connectivity index (χ1) is 14.6. The first-order valence-corrected chi connectivity index (χ1v) is 9.18. The maximum atomic E-state index is 12.8. The fraction of sp³-hybridized carbons (Fsp3) is 0.0870. The SMILES string of the molecule is COc1cccc2cc(C(=O)Nc3c(C)noc3/C=C/c3ccccc3)c(=O)oc12. The summed E-state index contributed by atoms with van der Waals surface area (Å²) in [6.07, 6.45) is 3.55. The number of aromatic nitrogens is 1. The summed E-state index contributed by atoms with van der Waals surface area (Å²) >= 11 is 0. The number of benzene rings is 2. The van der Waals surface area contributed by atoms with Gasteiger partial charge in [0.15, 0.2) is 17.1 Å². The summed E-state index contributed by atoms with van der Waals surface area (Å²) in [6, 6.07) is 16.3. The van der Waals surface area contributed by atoms with Crippen LogP contribution in [0, 0.1) is 6.92 Å². The number of nitrogens with one attached hydrogen (secondary N) is 1. The van der Waals surface area contributed by atoms with Crippen molar-refractivity contribution in [1.82, 2.24) is 5.16 Å². The molecule has 2 aromatic heterocycles. The molecule has 150 valence electrons. The summed E-state index contributed by atoms with van der Waals surface area (Å²) < 4.78 is 15.8. The fourth-order valence-electron chi connectivity index (χ4n) is 3.01. The predicted octanol–water partition coefficient (Wildman–Crippen LogP) is 4.52. The second-order valence-electron chi connectivity index (χ2n) is 6.53. The highest BCUT2D eigenvalue weighted by atomic mass is 16.5. The number of hydrogen-bond acceptors (Lipinski definition) is 6. The highest BCUT2D eigenvalue weighted by Crippen LogP contribution is 2.26. The molecule has 1 amide bonds. The lowest BCUT2D eigenvalue weighted by Gasteiger charge is -2.06. The molecule has 7 heteroatoms. The van der Waals surface area contributed by atoms with Gasteiger partial charge in [0.1, 0.15) is 16.9 Å². The second kappa shape index (κ2) is 8.08. The number of carbonyl (C=O) groups is 1. The van der Waals surface area contributed by atoms with Crippen LogP contribution in [0.15, 0.2) is 68.3 Å². The smallest absolute Gasteiger partial charge is 0.349 e. The molecule has 4 rings (SSSR count). The van der Waals surface area contributed by atoms with Gasteiger partial charge in [0.25, 0.3) is 5.91 Å². The molecule has 2 aromatic carbocycles. The van der Waals surface area contributed by atoms with E-state index >= 15 is 0 Å². The number of hydrogen-bond donors (Lipinski definition) is 1. The lowest BCUT2D eigenvalue weighted by Crippen LogP contribution is -2.21. The summed E-state index contributed by atoms with van der Waals surface area (Å²) in [5.74, 6) is 0.172. The zero-order valence-electron chi connectivity index (χ0n) is 16.3. The maximum Gasteiger partial charge on any atom is 0.349 e. The van der Waals surface area contributed by atoms with Gasteiger partial charge in [0, 0.05) is 5.39 Å². The Morgan fingerprint density at radius 3 is 2.67 bits per heavy atom. The molecular formula is C23H18N2O5. The zero-order valence-corrected chi connectivity index (χ0v) is 16.3. The van der Waals surface area contributed by atoms with Crippen LogP contribution in [0.1, 0.15) is 27.4 Å². The molecule has 0 fully saturated rings. The van der Waals surface area contributed by atoms with Crippen molar-refractivity contribution in [1.29, 1.82) is 0 Å². The summed E-state index contributed by atoms with van der Waals surface area (Å²) in [6.45, 7) is 1.70. The van der Waals surface area contributed by atoms with Crippen LogP contribution in [-0.4, -0.2) is 18.2 Å². The zero-order chi connectivity index (χ0) is 21.1. The van der Waals surface area contributed by atoms with E-state index in [1.807, 2.05) is 36.4 Å². The molecule has 1 N–H and O–H groups in total. The van der Waals surface area contributed by atoms with Gasteiger partial charge < -0.3 is 19.0 Å². The Morgan fingerprint density at radius 2 is 1.90 bits per heavy atom. The summed E-state index contributed by atoms with van der Waals surface area (Å²) in [4.78, 5) is 25.2. The van der Waals surface area contributed by atoms with Crippen molar-refractivity contribution in [2.45, 2.75) is 6.92 Å². The predicted molar refractivity (Wildman–Crippen MR) is 114 cm³/mol. The van der Waals surface area contributed by atoms with Crippen LogP contribution < -0.4 is 15.7 Å². The number of rotatable bonds is 5. The van der Waals surface area contributed by atoms with E-state index in [4.69, 9.17) is 13.7 Å². The van der Waals surface area contributed by atoms with Crippen molar-refractivity contribution < 1.29 is 18.5 Å². The Labute approximate surface area is 171 Å². The lowest BCUT2D eigenvalue weighted by atomic mass is 10.1. The summed E-state index contributed by atoms with van der Waals surface area (Å²) in [5, 5.41) is 7.19. The van der Waals surface area contributed by atoms with Crippen LogP contribution >= 0.6 is 0 Å². The Kier molecular flexibility index (Phi) is 5.17. The van der Waals surface area contributed by atoms with Crippen LogP contribution in [0.3, 0.4) is 0 Å². The van der Waals surface area contributed by atoms with Gasteiger partial charge in [-0.1, -0.05) is 53.7 Å². The Balaban J connectivity index is 1.65. The van der Waals surface area contributed by atoms with Crippen LogP contribution in [-0.2, 0) is 0 Å². The average Bonchev–Trinajstić information content (AvgIpc) is 3.11. The van der Waals surface area contributed by atoms with E-state index < -0.39 is 11.5 Å². The van der Waals surface area contributed by atoms with Crippen molar-refractivity contribution in [2.24, 2.45) is 0 Å². The molecule has 0 aliphatic rings. The molecule has 0 bridgehead atoms. The molecular weight excluding hydrogens is 384 g/mol. The lowest BCUT2D eigenvalue weighted by molar-refractivity contribution is 0.102. The van der Waals surface area contributed by atoms with Gasteiger partial charge in [-0.25, -0.2) is 4.79 Å². The Morgan fingerprint density at radius 1 is 1.10 bits per heavy atom. The van der Waals surface area contributed by atoms with E-state index in [-0.39, 0.29) is 11.1 Å². The standard InChI is InChI=1S/C23H18N2O5/c1-14-20(18(30-25-14)12-11-15-7-4-3-5-8-15)24-22(26)17-13-16-9-6-10-19(28-2)21(16)29-23(17)27/h3-13H,1-2H3,(H,24,26)/b12-11+. The normalized spacial score (nSPS) is 11.1. The number of nitrogens with zero attached hydrogens (tertiary/aromatic N) is 1. The third-order valence-corrected chi connectivity index (χ3v) is 4.54. The minimum absolute atomic E-state index is 0.130. The number of carbonyl (C=O) groups excluding carboxylic acids is 1. The van der Waals surface area contributed by atoms with Gasteiger partial charge in [-0.15, -0.1) is 0 Å². The molecule has 30 heavy (non-hydrogen) atoms. The molecule has 0 aliphatic heterocycles. The Hall–Kier alpha value is -4.13. The number of methoxy groups -OCH3 is 1. The van der Waals surface area contributed by atoms with Gasteiger partial charge in [0.2, 0.25) is 0 Å². The Bertz CT molecular complexity index is 1300. The monoisotopic (exact) mass is 402 g/mol. The number of para-hydroxylation sites is 1. The van der Waals surface area contributed by atoms with Crippen molar-refractivity contribution in [2.75, 3.05) is 12.4 Å². The van der Waals surface area contributed by atoms with E-state index in [2.05, 4.69) is 10.5 Å². The molecule has 0 unspecified atom stereocenters. The van der Waals surface area contributed by atoms with E-state index in [9.17, 15) is 9.59 Å². The van der Waals surface area contributed by atoms with Gasteiger partial charge in [-0.2, -0.15) is 0 Å². The number of anilines is 1. The van der Waals surface area contributed by atoms with E-state index in [1.54, 1.807) is 31.2 Å². The van der Waals surface area contributed by atoms with Gasteiger partial charge >= 0.3 is 5.63 Å². The number of aryl methyl sites for hydroxylation is 1. The van der Waals surface area contributed by atoms with Crippen LogP contribution in [0.5, 0.6) is 5.75 Å². The average molecular weight is 402 g/mol. The number of fused-ring (bicyclic) bond motifs is 1. The number of amides is 1. The minimum Gasteiger partial charge on any atom is -0.493 e. The molecule has 2 heterocycles. The molecule has 0 saturated heterocycles. The maximum absolute atomic E-state index is 12.8. The minimum atomic E-state index is -0.764. The highest BCUT2D eigenvalue weighted by Gasteiger charge is 2.19. The molecule has 0 radical (unpaired) electrons. The van der Waals surface area contributed by atoms with Crippen LogP contribution in [0.2, 0.25) is 0 Å². The fourth-order valence-corrected chi connectivity index (χ4v) is 3.01. The topological polar surface area (TPSA) is 94.6 Å². The van der Waals surface area contributed by atoms with Crippen LogP contribution in [0.25, 0.3) is 23.1 Å². The third-order valence-electron chi connectivity index (χ3n) is 4.54. The molecule has 0 aliphatic carbocycles. The van der Waals surface area contributed by atoms with E-state index in [0.29, 0.717) is 28.3 Å². The van der Waals surface area contributed by atoms with E-state index in [0.717, 1.165) is 5.56 Å². The first-order valence-electron chi connectivity index (χ1n) is 9.18. The van der Waals surface area contributed by atoms with Crippen molar-refractivity contribution in [3.05, 3.63) is 87.6 Å². The summed E-state index contributed by atoms with van der Waals surface area (Å²) in [5.41, 5.74) is 1.23. The largest absolute Gasteiger partial charge is 0.493 e. The van der Waals surface area contributed by atoms with Crippen molar-refractivity contribution >= 4 is 34.7 Å². The number of ether oxygens (including phenoxy) is 1. The van der Waals surface area contributed by atoms with Gasteiger partial charge in [-0.05, 0) is 30.7 Å². The molecule has 0 spiro atoms. The van der Waals surface area contributed by atoms with Gasteiger partial charge in [0.05, 0.1) is 7.11 Å². The first kappa shape index (κ1) is 19.2. The van der Waals surface area contributed by atoms with E-state index in [1.165, 1.54) is 13.2 Å². The highest BCUT2D eigenvalue weighted by molar-refractivity contribution is 6.06. The molecule has 4 aromatic rings. The van der Waals surface area contributed by atoms with Crippen molar-refractivity contribution in [3.8, 4) is 5.75 Å². The molecule has 7 nitrogen and oxygen atoms in total. The van der Waals surface area contributed by atoms with Gasteiger partial charge in [-0.3, -0.25) is 4.79 Å². The van der Waals surface area contributed by atoms with Crippen molar-refractivity contribution in [3.63, 3.8) is 0 Å². The van der Waals surface area contributed by atoms with Crippen LogP contribution in [0.4, 0.5) is 5.69 Å². The quantitative estimate of drug-likeness (QED) is 0.493. The summed E-state index contributed by atoms with van der Waals surface area (Å²) in [7, 11) is 1.48. The molecule has 0 atom stereocenters. The molecule has 0 saturated carbocycles. The second-order valence-corrected chi connectivity index (χ2v) is 6.53. The third kappa shape index (κ3) is 3.73.